The van der Waals surface area contributed by atoms with E-state index in [2.05, 4.69) is 24.0 Å². The Labute approximate surface area is 144 Å². The summed E-state index contributed by atoms with van der Waals surface area (Å²) >= 11 is 1.19. The fraction of sp³-hybridized carbons (Fsp3) is 0.471. The van der Waals surface area contributed by atoms with Crippen LogP contribution in [0.25, 0.3) is 11.5 Å². The van der Waals surface area contributed by atoms with Gasteiger partial charge >= 0.3 is 0 Å². The summed E-state index contributed by atoms with van der Waals surface area (Å²) < 4.78 is 19.2. The van der Waals surface area contributed by atoms with E-state index in [0.29, 0.717) is 0 Å². The zero-order valence-corrected chi connectivity index (χ0v) is 14.6. The summed E-state index contributed by atoms with van der Waals surface area (Å²) in [7, 11) is 0. The van der Waals surface area contributed by atoms with Crippen LogP contribution in [0.5, 0.6) is 0 Å². The monoisotopic (exact) mass is 349 g/mol. The van der Waals surface area contributed by atoms with Crippen molar-refractivity contribution in [2.24, 2.45) is 0 Å². The molecule has 1 fully saturated rings. The molecular formula is C17H20FN3O2S. The highest BCUT2D eigenvalue weighted by Gasteiger charge is 2.29. The van der Waals surface area contributed by atoms with Crippen molar-refractivity contribution < 1.29 is 13.6 Å². The average molecular weight is 349 g/mol. The minimum absolute atomic E-state index is 0.0744. The summed E-state index contributed by atoms with van der Waals surface area (Å²) in [6, 6.07) is 6.76. The first-order chi connectivity index (χ1) is 11.6. The van der Waals surface area contributed by atoms with Gasteiger partial charge in [-0.25, -0.2) is 4.39 Å². The zero-order valence-electron chi connectivity index (χ0n) is 13.7. The van der Waals surface area contributed by atoms with Crippen molar-refractivity contribution in [2.75, 3.05) is 5.75 Å². The Morgan fingerprint density at radius 1 is 1.29 bits per heavy atom. The van der Waals surface area contributed by atoms with E-state index in [9.17, 15) is 9.18 Å². The van der Waals surface area contributed by atoms with Crippen molar-refractivity contribution in [1.29, 1.82) is 0 Å². The van der Waals surface area contributed by atoms with Gasteiger partial charge in [0.05, 0.1) is 11.3 Å². The second kappa shape index (κ2) is 7.34. The number of carbonyl (C=O) groups is 1. The predicted octanol–water partition coefficient (Wildman–Crippen LogP) is 3.76. The molecular weight excluding hydrogens is 329 g/mol. The van der Waals surface area contributed by atoms with Gasteiger partial charge in [0.2, 0.25) is 5.91 Å². The Morgan fingerprint density at radius 2 is 2.00 bits per heavy atom. The minimum atomic E-state index is -0.412. The normalized spacial score (nSPS) is 21.0. The molecule has 0 unspecified atom stereocenters. The number of amides is 1. The predicted molar refractivity (Wildman–Crippen MR) is 90.0 cm³/mol. The number of halogens is 1. The summed E-state index contributed by atoms with van der Waals surface area (Å²) in [5, 5.41) is 8.04. The largest absolute Gasteiger partial charge is 0.411 e. The first kappa shape index (κ1) is 17.0. The van der Waals surface area contributed by atoms with Crippen molar-refractivity contribution in [3.63, 3.8) is 0 Å². The third-order valence-electron chi connectivity index (χ3n) is 4.31. The van der Waals surface area contributed by atoms with Crippen LogP contribution in [0.2, 0.25) is 0 Å². The molecule has 0 N–H and O–H groups in total. The zero-order chi connectivity index (χ0) is 17.1. The summed E-state index contributed by atoms with van der Waals surface area (Å²) in [4.78, 5) is 14.4. The van der Waals surface area contributed by atoms with E-state index < -0.39 is 5.82 Å². The highest BCUT2D eigenvalue weighted by Crippen LogP contribution is 2.27. The Hall–Kier alpha value is -1.89. The summed E-state index contributed by atoms with van der Waals surface area (Å²) in [6.07, 6.45) is 3.24. The molecule has 0 bridgehead atoms. The van der Waals surface area contributed by atoms with E-state index in [4.69, 9.17) is 4.42 Å². The van der Waals surface area contributed by atoms with Crippen molar-refractivity contribution in [3.05, 3.63) is 30.1 Å². The smallest absolute Gasteiger partial charge is 0.277 e. The van der Waals surface area contributed by atoms with Gasteiger partial charge in [-0.1, -0.05) is 23.9 Å². The molecule has 7 heteroatoms. The molecule has 1 aromatic heterocycles. The third kappa shape index (κ3) is 3.61. The minimum Gasteiger partial charge on any atom is -0.411 e. The molecule has 24 heavy (non-hydrogen) atoms. The van der Waals surface area contributed by atoms with Crippen LogP contribution >= 0.6 is 11.8 Å². The van der Waals surface area contributed by atoms with E-state index in [-0.39, 0.29) is 40.4 Å². The molecule has 1 aliphatic rings. The third-order valence-corrected chi connectivity index (χ3v) is 5.11. The van der Waals surface area contributed by atoms with E-state index in [1.165, 1.54) is 17.8 Å². The molecule has 1 amide bonds. The summed E-state index contributed by atoms with van der Waals surface area (Å²) in [6.45, 7) is 4.17. The number of carbonyl (C=O) groups excluding carboxylic acids is 1. The van der Waals surface area contributed by atoms with Crippen LogP contribution < -0.4 is 0 Å². The maximum absolute atomic E-state index is 13.7. The number of benzene rings is 1. The Morgan fingerprint density at radius 3 is 2.71 bits per heavy atom. The quantitative estimate of drug-likeness (QED) is 0.787. The fourth-order valence-electron chi connectivity index (χ4n) is 3.12. The number of aromatic nitrogens is 2. The Balaban J connectivity index is 1.63. The molecule has 1 saturated heterocycles. The topological polar surface area (TPSA) is 59.2 Å². The van der Waals surface area contributed by atoms with E-state index in [1.807, 2.05) is 4.90 Å². The average Bonchev–Trinajstić information content (AvgIpc) is 3.02. The van der Waals surface area contributed by atoms with E-state index in [1.54, 1.807) is 18.2 Å². The Kier molecular flexibility index (Phi) is 5.18. The van der Waals surface area contributed by atoms with E-state index in [0.717, 1.165) is 19.3 Å². The van der Waals surface area contributed by atoms with Gasteiger partial charge in [0.25, 0.3) is 11.1 Å². The molecule has 0 saturated carbocycles. The number of rotatable bonds is 4. The summed E-state index contributed by atoms with van der Waals surface area (Å²) in [5.41, 5.74) is 0.265. The molecule has 2 aromatic rings. The first-order valence-corrected chi connectivity index (χ1v) is 9.07. The lowest BCUT2D eigenvalue weighted by molar-refractivity contribution is -0.134. The van der Waals surface area contributed by atoms with Gasteiger partial charge in [-0.05, 0) is 45.2 Å². The standard InChI is InChI=1S/C17H20FN3O2S/c1-11-6-5-7-12(2)21(11)15(22)10-24-17-20-19-16(23-17)13-8-3-4-9-14(13)18/h3-4,8-9,11-12H,5-7,10H2,1-2H3/t11-,12-/m1/s1. The van der Waals surface area contributed by atoms with Gasteiger partial charge in [-0.2, -0.15) is 0 Å². The lowest BCUT2D eigenvalue weighted by Gasteiger charge is -2.39. The fourth-order valence-corrected chi connectivity index (χ4v) is 3.75. The molecule has 3 rings (SSSR count). The molecule has 128 valence electrons. The van der Waals surface area contributed by atoms with Crippen molar-refractivity contribution in [1.82, 2.24) is 15.1 Å². The second-order valence-electron chi connectivity index (χ2n) is 6.07. The van der Waals surface area contributed by atoms with Gasteiger partial charge in [0, 0.05) is 12.1 Å². The van der Waals surface area contributed by atoms with Crippen molar-refractivity contribution >= 4 is 17.7 Å². The number of hydrogen-bond donors (Lipinski definition) is 0. The van der Waals surface area contributed by atoms with Gasteiger partial charge in [-0.3, -0.25) is 4.79 Å². The van der Waals surface area contributed by atoms with Crippen LogP contribution in [0.15, 0.2) is 33.9 Å². The van der Waals surface area contributed by atoms with Crippen LogP contribution in [0.1, 0.15) is 33.1 Å². The number of likely N-dealkylation sites (tertiary alicyclic amines) is 1. The molecule has 1 aromatic carbocycles. The first-order valence-electron chi connectivity index (χ1n) is 8.08. The van der Waals surface area contributed by atoms with Crippen molar-refractivity contribution in [3.8, 4) is 11.5 Å². The Bertz CT molecular complexity index is 711. The molecule has 0 spiro atoms. The van der Waals surface area contributed by atoms with Crippen LogP contribution in [-0.2, 0) is 4.79 Å². The highest BCUT2D eigenvalue weighted by molar-refractivity contribution is 7.99. The number of piperidine rings is 1. The second-order valence-corrected chi connectivity index (χ2v) is 7.00. The van der Waals surface area contributed by atoms with Gasteiger partial charge in [0.1, 0.15) is 5.82 Å². The molecule has 1 aliphatic heterocycles. The maximum Gasteiger partial charge on any atom is 0.277 e. The number of hydrogen-bond acceptors (Lipinski definition) is 5. The van der Waals surface area contributed by atoms with Crippen LogP contribution in [0.4, 0.5) is 4.39 Å². The molecule has 5 nitrogen and oxygen atoms in total. The van der Waals surface area contributed by atoms with Crippen LogP contribution in [-0.4, -0.2) is 38.8 Å². The molecule has 2 atom stereocenters. The number of nitrogens with zero attached hydrogens (tertiary/aromatic N) is 3. The van der Waals surface area contributed by atoms with Crippen LogP contribution in [0.3, 0.4) is 0 Å². The lowest BCUT2D eigenvalue weighted by Crippen LogP contribution is -2.48. The van der Waals surface area contributed by atoms with Gasteiger partial charge < -0.3 is 9.32 Å². The number of thioether (sulfide) groups is 1. The SMILES string of the molecule is C[C@@H]1CCC[C@@H](C)N1C(=O)CSc1nnc(-c2ccccc2F)o1. The maximum atomic E-state index is 13.7. The van der Waals surface area contributed by atoms with Crippen LogP contribution in [0, 0.1) is 5.82 Å². The van der Waals surface area contributed by atoms with Crippen molar-refractivity contribution in [2.45, 2.75) is 50.4 Å². The summed E-state index contributed by atoms with van der Waals surface area (Å²) in [5.74, 6) is 0.0333. The van der Waals surface area contributed by atoms with Gasteiger partial charge in [-0.15, -0.1) is 10.2 Å². The molecule has 2 heterocycles. The van der Waals surface area contributed by atoms with E-state index >= 15 is 0 Å². The van der Waals surface area contributed by atoms with Gasteiger partial charge in [0.15, 0.2) is 0 Å². The molecule has 0 radical (unpaired) electrons. The molecule has 0 aliphatic carbocycles. The lowest BCUT2D eigenvalue weighted by atomic mass is 9.98. The highest BCUT2D eigenvalue weighted by atomic mass is 32.2.